The zero-order valence-corrected chi connectivity index (χ0v) is 13.2. The Labute approximate surface area is 123 Å². The lowest BCUT2D eigenvalue weighted by atomic mass is 9.84. The quantitative estimate of drug-likeness (QED) is 0.858. The molecule has 20 heavy (non-hydrogen) atoms. The Morgan fingerprint density at radius 2 is 1.75 bits per heavy atom. The topological polar surface area (TPSA) is 23.5 Å². The molecule has 0 radical (unpaired) electrons. The van der Waals surface area contributed by atoms with Crippen molar-refractivity contribution in [2.45, 2.75) is 64.5 Å². The number of hydrogen-bond donors (Lipinski definition) is 1. The number of aliphatic hydroxyl groups excluding tert-OH is 1. The van der Waals surface area contributed by atoms with Gasteiger partial charge in [-0.25, -0.2) is 0 Å². The Bertz CT molecular complexity index is 419. The number of nitrogens with zero attached hydrogens (tertiary/aromatic N) is 1. The van der Waals surface area contributed by atoms with Gasteiger partial charge in [0.2, 0.25) is 0 Å². The summed E-state index contributed by atoms with van der Waals surface area (Å²) in [5.41, 5.74) is 2.59. The second-order valence-electron chi connectivity index (χ2n) is 6.13. The summed E-state index contributed by atoms with van der Waals surface area (Å²) in [4.78, 5) is 2.49. The summed E-state index contributed by atoms with van der Waals surface area (Å²) in [5, 5.41) is 11.0. The fraction of sp³-hybridized carbons (Fsp3) is 0.667. The molecule has 2 heteroatoms. The first-order valence-electron chi connectivity index (χ1n) is 8.11. The Kier molecular flexibility index (Phi) is 5.22. The van der Waals surface area contributed by atoms with Crippen LogP contribution in [-0.2, 0) is 6.42 Å². The number of hydrogen-bond acceptors (Lipinski definition) is 2. The molecule has 0 bridgehead atoms. The Hall–Kier alpha value is -0.860. The van der Waals surface area contributed by atoms with Crippen molar-refractivity contribution in [2.24, 2.45) is 0 Å². The van der Waals surface area contributed by atoms with Gasteiger partial charge in [-0.3, -0.25) is 4.90 Å². The first-order valence-corrected chi connectivity index (χ1v) is 8.11. The summed E-state index contributed by atoms with van der Waals surface area (Å²) >= 11 is 0. The highest BCUT2D eigenvalue weighted by Crippen LogP contribution is 2.39. The predicted molar refractivity (Wildman–Crippen MR) is 85.0 cm³/mol. The molecule has 2 rings (SSSR count). The fourth-order valence-electron chi connectivity index (χ4n) is 3.94. The van der Waals surface area contributed by atoms with Gasteiger partial charge in [-0.1, -0.05) is 51.0 Å². The van der Waals surface area contributed by atoms with Crippen molar-refractivity contribution in [3.8, 4) is 0 Å². The maximum absolute atomic E-state index is 11.0. The summed E-state index contributed by atoms with van der Waals surface area (Å²) in [6, 6.07) is 8.44. The van der Waals surface area contributed by atoms with E-state index < -0.39 is 0 Å². The Morgan fingerprint density at radius 3 is 2.30 bits per heavy atom. The lowest BCUT2D eigenvalue weighted by Gasteiger charge is -2.44. The van der Waals surface area contributed by atoms with Crippen molar-refractivity contribution in [1.82, 2.24) is 4.90 Å². The minimum atomic E-state index is -0.258. The average Bonchev–Trinajstić information content (AvgIpc) is 2.93. The maximum atomic E-state index is 11.0. The molecule has 1 atom stereocenters. The first kappa shape index (κ1) is 15.5. The second kappa shape index (κ2) is 6.73. The van der Waals surface area contributed by atoms with Gasteiger partial charge in [0, 0.05) is 12.0 Å². The van der Waals surface area contributed by atoms with E-state index in [-0.39, 0.29) is 11.6 Å². The molecule has 1 N–H and O–H groups in total. The zero-order chi connectivity index (χ0) is 14.6. The predicted octanol–water partition coefficient (Wildman–Crippen LogP) is 3.55. The molecule has 0 saturated heterocycles. The summed E-state index contributed by atoms with van der Waals surface area (Å²) in [5.74, 6) is 0. The van der Waals surface area contributed by atoms with Crippen molar-refractivity contribution < 1.29 is 5.11 Å². The molecule has 0 spiro atoms. The van der Waals surface area contributed by atoms with Crippen LogP contribution in [0.25, 0.3) is 0 Å². The van der Waals surface area contributed by atoms with E-state index in [0.717, 1.165) is 32.4 Å². The molecule has 0 aliphatic heterocycles. The van der Waals surface area contributed by atoms with Crippen LogP contribution in [0, 0.1) is 6.92 Å². The van der Waals surface area contributed by atoms with Gasteiger partial charge in [-0.05, 0) is 44.0 Å². The summed E-state index contributed by atoms with van der Waals surface area (Å²) in [7, 11) is 0. The molecule has 1 aromatic carbocycles. The SMILES string of the molecule is CCN(CC)C1(C(O)Cc2ccccc2C)CCCC1. The summed E-state index contributed by atoms with van der Waals surface area (Å²) < 4.78 is 0. The van der Waals surface area contributed by atoms with Crippen LogP contribution < -0.4 is 0 Å². The highest BCUT2D eigenvalue weighted by Gasteiger charge is 2.44. The first-order chi connectivity index (χ1) is 9.64. The van der Waals surface area contributed by atoms with E-state index in [1.54, 1.807) is 0 Å². The monoisotopic (exact) mass is 275 g/mol. The molecule has 1 fully saturated rings. The van der Waals surface area contributed by atoms with E-state index in [9.17, 15) is 5.11 Å². The van der Waals surface area contributed by atoms with Gasteiger partial charge in [0.05, 0.1) is 6.10 Å². The molecule has 0 aromatic heterocycles. The Morgan fingerprint density at radius 1 is 1.15 bits per heavy atom. The molecule has 1 unspecified atom stereocenters. The molecule has 1 aliphatic carbocycles. The smallest absolute Gasteiger partial charge is 0.0764 e. The summed E-state index contributed by atoms with van der Waals surface area (Å²) in [6.45, 7) is 8.62. The largest absolute Gasteiger partial charge is 0.391 e. The van der Waals surface area contributed by atoms with Crippen molar-refractivity contribution in [2.75, 3.05) is 13.1 Å². The molecule has 112 valence electrons. The number of aryl methyl sites for hydroxylation is 1. The number of benzene rings is 1. The van der Waals surface area contributed by atoms with E-state index in [4.69, 9.17) is 0 Å². The van der Waals surface area contributed by atoms with Gasteiger partial charge in [-0.2, -0.15) is 0 Å². The molecule has 0 amide bonds. The van der Waals surface area contributed by atoms with Gasteiger partial charge in [0.15, 0.2) is 0 Å². The van der Waals surface area contributed by atoms with Crippen LogP contribution in [-0.4, -0.2) is 34.7 Å². The van der Waals surface area contributed by atoms with Crippen LogP contribution >= 0.6 is 0 Å². The van der Waals surface area contributed by atoms with Crippen LogP contribution in [0.15, 0.2) is 24.3 Å². The molecular weight excluding hydrogens is 246 g/mol. The van der Waals surface area contributed by atoms with Gasteiger partial charge in [0.25, 0.3) is 0 Å². The number of aliphatic hydroxyl groups is 1. The van der Waals surface area contributed by atoms with Crippen LogP contribution in [0.2, 0.25) is 0 Å². The number of rotatable bonds is 6. The normalized spacial score (nSPS) is 19.4. The van der Waals surface area contributed by atoms with Crippen LogP contribution in [0.3, 0.4) is 0 Å². The van der Waals surface area contributed by atoms with Gasteiger partial charge in [-0.15, -0.1) is 0 Å². The lowest BCUT2D eigenvalue weighted by Crippen LogP contribution is -2.55. The van der Waals surface area contributed by atoms with Crippen molar-refractivity contribution in [1.29, 1.82) is 0 Å². The van der Waals surface area contributed by atoms with E-state index in [1.165, 1.54) is 24.0 Å². The van der Waals surface area contributed by atoms with Crippen LogP contribution in [0.5, 0.6) is 0 Å². The third kappa shape index (κ3) is 2.91. The lowest BCUT2D eigenvalue weighted by molar-refractivity contribution is -0.0245. The van der Waals surface area contributed by atoms with Gasteiger partial charge >= 0.3 is 0 Å². The molecule has 1 aliphatic rings. The third-order valence-electron chi connectivity index (χ3n) is 5.16. The standard InChI is InChI=1S/C18H29NO/c1-4-19(5-2)18(12-8-9-13-18)17(20)14-16-11-7-6-10-15(16)3/h6-7,10-11,17,20H,4-5,8-9,12-14H2,1-3H3. The zero-order valence-electron chi connectivity index (χ0n) is 13.2. The molecule has 1 saturated carbocycles. The molecular formula is C18H29NO. The maximum Gasteiger partial charge on any atom is 0.0764 e. The van der Waals surface area contributed by atoms with Gasteiger partial charge < -0.3 is 5.11 Å². The minimum absolute atomic E-state index is 0.00574. The minimum Gasteiger partial charge on any atom is -0.391 e. The average molecular weight is 275 g/mol. The van der Waals surface area contributed by atoms with E-state index in [1.807, 2.05) is 0 Å². The second-order valence-corrected chi connectivity index (χ2v) is 6.13. The summed E-state index contributed by atoms with van der Waals surface area (Å²) in [6.07, 6.45) is 5.31. The van der Waals surface area contributed by atoms with Crippen molar-refractivity contribution in [3.63, 3.8) is 0 Å². The highest BCUT2D eigenvalue weighted by atomic mass is 16.3. The van der Waals surface area contributed by atoms with Gasteiger partial charge in [0.1, 0.15) is 0 Å². The van der Waals surface area contributed by atoms with Crippen LogP contribution in [0.4, 0.5) is 0 Å². The van der Waals surface area contributed by atoms with E-state index in [0.29, 0.717) is 0 Å². The van der Waals surface area contributed by atoms with Crippen molar-refractivity contribution >= 4 is 0 Å². The van der Waals surface area contributed by atoms with E-state index in [2.05, 4.69) is 49.9 Å². The fourth-order valence-corrected chi connectivity index (χ4v) is 3.94. The Balaban J connectivity index is 2.19. The van der Waals surface area contributed by atoms with Crippen molar-refractivity contribution in [3.05, 3.63) is 35.4 Å². The highest BCUT2D eigenvalue weighted by molar-refractivity contribution is 5.27. The molecule has 2 nitrogen and oxygen atoms in total. The number of likely N-dealkylation sites (N-methyl/N-ethyl adjacent to an activating group) is 1. The molecule has 1 aromatic rings. The van der Waals surface area contributed by atoms with E-state index >= 15 is 0 Å². The molecule has 0 heterocycles. The van der Waals surface area contributed by atoms with Crippen LogP contribution in [0.1, 0.15) is 50.7 Å². The third-order valence-corrected chi connectivity index (χ3v) is 5.16.